The minimum atomic E-state index is -1.62. The average molecular weight is 433 g/mol. The Balaban J connectivity index is 1.90. The van der Waals surface area contributed by atoms with Crippen molar-refractivity contribution in [3.8, 4) is 18.2 Å². The third-order valence-electron chi connectivity index (χ3n) is 4.55. The SMILES string of the molecule is C#C[C@@]1(c2cc(NC(=O)c3cnc(OCF)cn3)ccc2F)C[C@@H]([C@H](C)F)OC(N)=N1. The van der Waals surface area contributed by atoms with Gasteiger partial charge in [0.25, 0.3) is 11.9 Å². The number of aliphatic imine (C=N–C) groups is 1. The van der Waals surface area contributed by atoms with Crippen molar-refractivity contribution >= 4 is 17.6 Å². The monoisotopic (exact) mass is 433 g/mol. The van der Waals surface area contributed by atoms with Crippen LogP contribution in [0.2, 0.25) is 0 Å². The predicted molar refractivity (Wildman–Crippen MR) is 105 cm³/mol. The van der Waals surface area contributed by atoms with Gasteiger partial charge in [-0.2, -0.15) is 0 Å². The maximum Gasteiger partial charge on any atom is 0.284 e. The van der Waals surface area contributed by atoms with E-state index in [9.17, 15) is 18.0 Å². The maximum absolute atomic E-state index is 14.7. The van der Waals surface area contributed by atoms with Crippen LogP contribution in [0.4, 0.5) is 18.9 Å². The van der Waals surface area contributed by atoms with Gasteiger partial charge in [-0.25, -0.2) is 28.1 Å². The highest BCUT2D eigenvalue weighted by Gasteiger charge is 2.42. The van der Waals surface area contributed by atoms with Crippen LogP contribution in [0, 0.1) is 18.2 Å². The molecule has 1 aromatic heterocycles. The third kappa shape index (κ3) is 4.69. The highest BCUT2D eigenvalue weighted by atomic mass is 19.1. The lowest BCUT2D eigenvalue weighted by Crippen LogP contribution is -2.43. The first-order valence-electron chi connectivity index (χ1n) is 9.04. The molecule has 0 fully saturated rings. The number of anilines is 1. The summed E-state index contributed by atoms with van der Waals surface area (Å²) in [5.41, 5.74) is 4.03. The van der Waals surface area contributed by atoms with Crippen molar-refractivity contribution in [3.63, 3.8) is 0 Å². The van der Waals surface area contributed by atoms with E-state index in [4.69, 9.17) is 16.9 Å². The molecule has 3 N–H and O–H groups in total. The van der Waals surface area contributed by atoms with E-state index < -0.39 is 36.4 Å². The van der Waals surface area contributed by atoms with Gasteiger partial charge in [-0.05, 0) is 25.1 Å². The molecule has 11 heteroatoms. The van der Waals surface area contributed by atoms with Gasteiger partial charge in [0.1, 0.15) is 23.8 Å². The molecule has 0 saturated carbocycles. The Kier molecular flexibility index (Phi) is 6.29. The van der Waals surface area contributed by atoms with E-state index >= 15 is 0 Å². The van der Waals surface area contributed by atoms with Gasteiger partial charge in [-0.1, -0.05) is 5.92 Å². The average Bonchev–Trinajstić information content (AvgIpc) is 2.75. The highest BCUT2D eigenvalue weighted by molar-refractivity contribution is 6.02. The van der Waals surface area contributed by atoms with Crippen LogP contribution < -0.4 is 15.8 Å². The van der Waals surface area contributed by atoms with Crippen molar-refractivity contribution in [3.05, 3.63) is 47.7 Å². The second-order valence-corrected chi connectivity index (χ2v) is 6.63. The molecule has 0 saturated heterocycles. The first-order valence-corrected chi connectivity index (χ1v) is 9.04. The first kappa shape index (κ1) is 21.9. The van der Waals surface area contributed by atoms with E-state index in [0.29, 0.717) is 0 Å². The fourth-order valence-electron chi connectivity index (χ4n) is 3.02. The first-order chi connectivity index (χ1) is 14.8. The van der Waals surface area contributed by atoms with Crippen LogP contribution in [0.3, 0.4) is 0 Å². The number of amidine groups is 1. The van der Waals surface area contributed by atoms with Crippen molar-refractivity contribution in [2.45, 2.75) is 31.2 Å². The third-order valence-corrected chi connectivity index (χ3v) is 4.55. The smallest absolute Gasteiger partial charge is 0.284 e. The van der Waals surface area contributed by atoms with E-state index in [1.165, 1.54) is 19.1 Å². The Labute approximate surface area is 175 Å². The summed E-state index contributed by atoms with van der Waals surface area (Å²) in [5.74, 6) is 0.909. The number of benzene rings is 1. The fraction of sp³-hybridized carbons (Fsp3) is 0.300. The number of nitrogens with zero attached hydrogens (tertiary/aromatic N) is 3. The molecular weight excluding hydrogens is 415 g/mol. The van der Waals surface area contributed by atoms with Crippen molar-refractivity contribution in [1.29, 1.82) is 0 Å². The molecular formula is C20H18F3N5O3. The molecule has 1 aromatic carbocycles. The predicted octanol–water partition coefficient (Wildman–Crippen LogP) is 2.46. The molecule has 162 valence electrons. The van der Waals surface area contributed by atoms with Gasteiger partial charge in [0, 0.05) is 17.7 Å². The molecule has 1 amide bonds. The van der Waals surface area contributed by atoms with E-state index in [0.717, 1.165) is 18.5 Å². The molecule has 0 aliphatic carbocycles. The summed E-state index contributed by atoms with van der Waals surface area (Å²) in [7, 11) is 0. The van der Waals surface area contributed by atoms with E-state index in [-0.39, 0.29) is 35.3 Å². The Morgan fingerprint density at radius 1 is 1.48 bits per heavy atom. The lowest BCUT2D eigenvalue weighted by molar-refractivity contribution is 0.0603. The number of hydrogen-bond donors (Lipinski definition) is 2. The molecule has 3 rings (SSSR count). The number of halogens is 3. The number of aromatic nitrogens is 2. The van der Waals surface area contributed by atoms with Crippen molar-refractivity contribution < 1.29 is 27.4 Å². The molecule has 2 aromatic rings. The minimum Gasteiger partial charge on any atom is -0.459 e. The number of carbonyl (C=O) groups is 1. The number of nitrogens with one attached hydrogen (secondary N) is 1. The number of alkyl halides is 2. The summed E-state index contributed by atoms with van der Waals surface area (Å²) >= 11 is 0. The van der Waals surface area contributed by atoms with Gasteiger partial charge in [0.15, 0.2) is 5.54 Å². The highest BCUT2D eigenvalue weighted by Crippen LogP contribution is 2.38. The molecule has 1 aliphatic rings. The molecule has 0 unspecified atom stereocenters. The van der Waals surface area contributed by atoms with Crippen LogP contribution >= 0.6 is 0 Å². The Hall–Kier alpha value is -3.81. The quantitative estimate of drug-likeness (QED) is 0.677. The van der Waals surface area contributed by atoms with Gasteiger partial charge in [-0.15, -0.1) is 6.42 Å². The number of nitrogens with two attached hydrogens (primary N) is 1. The van der Waals surface area contributed by atoms with Gasteiger partial charge in [-0.3, -0.25) is 4.79 Å². The van der Waals surface area contributed by atoms with E-state index in [1.807, 2.05) is 0 Å². The number of rotatable bonds is 6. The topological polar surface area (TPSA) is 112 Å². The molecule has 0 radical (unpaired) electrons. The van der Waals surface area contributed by atoms with Crippen molar-refractivity contribution in [1.82, 2.24) is 9.97 Å². The number of amides is 1. The molecule has 3 atom stereocenters. The molecule has 8 nitrogen and oxygen atoms in total. The summed E-state index contributed by atoms with van der Waals surface area (Å²) in [6.07, 6.45) is 5.20. The fourth-order valence-corrected chi connectivity index (χ4v) is 3.02. The van der Waals surface area contributed by atoms with Crippen LogP contribution in [0.5, 0.6) is 5.88 Å². The number of carbonyl (C=O) groups excluding carboxylic acids is 1. The summed E-state index contributed by atoms with van der Waals surface area (Å²) < 4.78 is 50.4. The van der Waals surface area contributed by atoms with Crippen LogP contribution in [-0.4, -0.2) is 41.0 Å². The largest absolute Gasteiger partial charge is 0.459 e. The summed E-state index contributed by atoms with van der Waals surface area (Å²) in [6, 6.07) is 3.31. The van der Waals surface area contributed by atoms with Gasteiger partial charge >= 0.3 is 0 Å². The van der Waals surface area contributed by atoms with Crippen molar-refractivity contribution in [2.75, 3.05) is 12.2 Å². The molecule has 31 heavy (non-hydrogen) atoms. The Morgan fingerprint density at radius 2 is 2.26 bits per heavy atom. The normalized spacial score (nSPS) is 21.3. The van der Waals surface area contributed by atoms with Gasteiger partial charge in [0.05, 0.1) is 12.4 Å². The van der Waals surface area contributed by atoms with Crippen LogP contribution in [-0.2, 0) is 10.3 Å². The molecule has 1 aliphatic heterocycles. The lowest BCUT2D eigenvalue weighted by Gasteiger charge is -2.35. The zero-order valence-electron chi connectivity index (χ0n) is 16.3. The van der Waals surface area contributed by atoms with Crippen molar-refractivity contribution in [2.24, 2.45) is 10.7 Å². The van der Waals surface area contributed by atoms with Crippen LogP contribution in [0.15, 0.2) is 35.6 Å². The van der Waals surface area contributed by atoms with E-state index in [1.54, 1.807) is 0 Å². The summed E-state index contributed by atoms with van der Waals surface area (Å²) in [5, 5.41) is 2.53. The van der Waals surface area contributed by atoms with Crippen LogP contribution in [0.25, 0.3) is 0 Å². The molecule has 0 bridgehead atoms. The standard InChI is InChI=1S/C20H18F3N5O3/c1-3-20(7-16(11(2)22)31-19(24)28-20)13-6-12(4-5-14(13)23)27-18(29)15-8-26-17(9-25-15)30-10-21/h1,4-6,8-9,11,16H,7,10H2,2H3,(H2,24,28)(H,27,29)/t11-,16-,20-/m0/s1. The molecule has 0 spiro atoms. The number of ether oxygens (including phenoxy) is 2. The minimum absolute atomic E-state index is 0.0810. The van der Waals surface area contributed by atoms with Gasteiger partial charge in [0.2, 0.25) is 12.7 Å². The Bertz CT molecular complexity index is 1040. The summed E-state index contributed by atoms with van der Waals surface area (Å²) in [6.45, 7) is 0.179. The second kappa shape index (κ2) is 8.91. The van der Waals surface area contributed by atoms with Crippen LogP contribution in [0.1, 0.15) is 29.4 Å². The second-order valence-electron chi connectivity index (χ2n) is 6.63. The summed E-state index contributed by atoms with van der Waals surface area (Å²) in [4.78, 5) is 24.0. The number of terminal acetylenes is 1. The molecule has 2 heterocycles. The van der Waals surface area contributed by atoms with Gasteiger partial charge < -0.3 is 20.5 Å². The Morgan fingerprint density at radius 3 is 2.87 bits per heavy atom. The zero-order chi connectivity index (χ0) is 22.6. The maximum atomic E-state index is 14.7. The number of hydrogen-bond acceptors (Lipinski definition) is 7. The zero-order valence-corrected chi connectivity index (χ0v) is 16.3. The lowest BCUT2D eigenvalue weighted by atomic mass is 9.83. The van der Waals surface area contributed by atoms with E-state index in [2.05, 4.69) is 30.9 Å².